The van der Waals surface area contributed by atoms with Crippen LogP contribution in [-0.4, -0.2) is 42.8 Å². The van der Waals surface area contributed by atoms with Gasteiger partial charge in [-0.25, -0.2) is 4.79 Å². The Morgan fingerprint density at radius 2 is 1.86 bits per heavy atom. The molecule has 0 atom stereocenters. The molecule has 1 saturated carbocycles. The van der Waals surface area contributed by atoms with Gasteiger partial charge >= 0.3 is 12.1 Å². The number of carbonyl (C=O) groups excluding carboxylic acids is 2. The highest BCUT2D eigenvalue weighted by molar-refractivity contribution is 5.72. The third-order valence-electron chi connectivity index (χ3n) is 3.55. The van der Waals surface area contributed by atoms with Crippen LogP contribution in [0.3, 0.4) is 0 Å². The molecule has 0 aliphatic heterocycles. The number of rotatable bonds is 7. The lowest BCUT2D eigenvalue weighted by molar-refractivity contribution is -0.150. The Morgan fingerprint density at radius 3 is 2.43 bits per heavy atom. The number of esters is 1. The second-order valence-corrected chi connectivity index (χ2v) is 6.04. The molecular weight excluding hydrogens is 270 g/mol. The van der Waals surface area contributed by atoms with Crippen LogP contribution in [0.5, 0.6) is 0 Å². The average Bonchev–Trinajstić information content (AvgIpc) is 2.44. The van der Waals surface area contributed by atoms with E-state index in [4.69, 9.17) is 9.47 Å². The standard InChI is InChI=1S/C16H29NO4/c1-4-20-16(19)17(12-13(2)3)11-10-15(18)21-14-8-6-5-7-9-14/h13-14H,4-12H2,1-3H3. The monoisotopic (exact) mass is 299 g/mol. The van der Waals surface area contributed by atoms with Gasteiger partial charge in [0.05, 0.1) is 13.0 Å². The van der Waals surface area contributed by atoms with Crippen LogP contribution in [0.2, 0.25) is 0 Å². The van der Waals surface area contributed by atoms with E-state index < -0.39 is 0 Å². The van der Waals surface area contributed by atoms with Crippen LogP contribution in [-0.2, 0) is 14.3 Å². The minimum Gasteiger partial charge on any atom is -0.462 e. The normalized spacial score (nSPS) is 15.8. The van der Waals surface area contributed by atoms with Crippen LogP contribution in [0.25, 0.3) is 0 Å². The summed E-state index contributed by atoms with van der Waals surface area (Å²) in [6.45, 7) is 7.15. The molecule has 0 aromatic carbocycles. The lowest BCUT2D eigenvalue weighted by Crippen LogP contribution is -2.37. The van der Waals surface area contributed by atoms with Crippen molar-refractivity contribution >= 4 is 12.1 Å². The number of hydrogen-bond donors (Lipinski definition) is 0. The van der Waals surface area contributed by atoms with Crippen molar-refractivity contribution in [2.24, 2.45) is 5.92 Å². The van der Waals surface area contributed by atoms with Gasteiger partial charge in [0, 0.05) is 13.1 Å². The van der Waals surface area contributed by atoms with Crippen molar-refractivity contribution in [3.05, 3.63) is 0 Å². The molecule has 0 unspecified atom stereocenters. The van der Waals surface area contributed by atoms with E-state index in [0.717, 1.165) is 25.7 Å². The first kappa shape index (κ1) is 17.8. The van der Waals surface area contributed by atoms with Gasteiger partial charge in [0.2, 0.25) is 0 Å². The first-order valence-electron chi connectivity index (χ1n) is 8.14. The summed E-state index contributed by atoms with van der Waals surface area (Å²) >= 11 is 0. The molecular formula is C16H29NO4. The lowest BCUT2D eigenvalue weighted by Gasteiger charge is -2.25. The number of ether oxygens (including phenoxy) is 2. The molecule has 5 nitrogen and oxygen atoms in total. The van der Waals surface area contributed by atoms with E-state index in [1.807, 2.05) is 13.8 Å². The zero-order chi connectivity index (χ0) is 15.7. The predicted octanol–water partition coefficient (Wildman–Crippen LogP) is 3.37. The van der Waals surface area contributed by atoms with E-state index in [-0.39, 0.29) is 24.6 Å². The fraction of sp³-hybridized carbons (Fsp3) is 0.875. The van der Waals surface area contributed by atoms with Gasteiger partial charge in [-0.2, -0.15) is 0 Å². The van der Waals surface area contributed by atoms with Crippen molar-refractivity contribution in [2.75, 3.05) is 19.7 Å². The van der Waals surface area contributed by atoms with Crippen molar-refractivity contribution in [1.29, 1.82) is 0 Å². The Kier molecular flexibility index (Phi) is 8.16. The molecule has 5 heteroatoms. The average molecular weight is 299 g/mol. The zero-order valence-corrected chi connectivity index (χ0v) is 13.6. The Hall–Kier alpha value is -1.26. The highest BCUT2D eigenvalue weighted by atomic mass is 16.6. The number of nitrogens with zero attached hydrogens (tertiary/aromatic N) is 1. The van der Waals surface area contributed by atoms with Gasteiger partial charge in [-0.05, 0) is 38.5 Å². The first-order chi connectivity index (χ1) is 10.0. The van der Waals surface area contributed by atoms with Crippen LogP contribution in [0.15, 0.2) is 0 Å². The maximum Gasteiger partial charge on any atom is 0.409 e. The largest absolute Gasteiger partial charge is 0.462 e. The molecule has 122 valence electrons. The van der Waals surface area contributed by atoms with Crippen molar-refractivity contribution in [3.8, 4) is 0 Å². The summed E-state index contributed by atoms with van der Waals surface area (Å²) in [5.41, 5.74) is 0. The molecule has 0 radical (unpaired) electrons. The molecule has 21 heavy (non-hydrogen) atoms. The van der Waals surface area contributed by atoms with Crippen LogP contribution in [0.1, 0.15) is 59.3 Å². The molecule has 0 bridgehead atoms. The lowest BCUT2D eigenvalue weighted by atomic mass is 9.98. The van der Waals surface area contributed by atoms with E-state index >= 15 is 0 Å². The van der Waals surface area contributed by atoms with Crippen molar-refractivity contribution in [1.82, 2.24) is 4.90 Å². The van der Waals surface area contributed by atoms with Gasteiger partial charge in [0.1, 0.15) is 6.10 Å². The van der Waals surface area contributed by atoms with Gasteiger partial charge in [-0.3, -0.25) is 4.79 Å². The molecule has 1 aliphatic carbocycles. The Balaban J connectivity index is 2.36. The van der Waals surface area contributed by atoms with E-state index in [2.05, 4.69) is 0 Å². The van der Waals surface area contributed by atoms with E-state index in [0.29, 0.717) is 25.6 Å². The van der Waals surface area contributed by atoms with Crippen LogP contribution >= 0.6 is 0 Å². The highest BCUT2D eigenvalue weighted by Gasteiger charge is 2.20. The first-order valence-corrected chi connectivity index (χ1v) is 8.14. The van der Waals surface area contributed by atoms with Crippen LogP contribution in [0, 0.1) is 5.92 Å². The number of carbonyl (C=O) groups is 2. The molecule has 0 heterocycles. The van der Waals surface area contributed by atoms with Crippen molar-refractivity contribution in [2.45, 2.75) is 65.4 Å². The Bertz CT molecular complexity index is 324. The SMILES string of the molecule is CCOC(=O)N(CCC(=O)OC1CCCCC1)CC(C)C. The summed E-state index contributed by atoms with van der Waals surface area (Å²) in [6.07, 6.45) is 5.42. The van der Waals surface area contributed by atoms with Crippen molar-refractivity contribution < 1.29 is 19.1 Å². The molecule has 0 spiro atoms. The second kappa shape index (κ2) is 9.64. The summed E-state index contributed by atoms with van der Waals surface area (Å²) < 4.78 is 10.5. The van der Waals surface area contributed by atoms with Crippen LogP contribution in [0.4, 0.5) is 4.79 Å². The summed E-state index contributed by atoms with van der Waals surface area (Å²) in [6, 6.07) is 0. The van der Waals surface area contributed by atoms with Crippen LogP contribution < -0.4 is 0 Å². The summed E-state index contributed by atoms with van der Waals surface area (Å²) in [4.78, 5) is 25.3. The zero-order valence-electron chi connectivity index (χ0n) is 13.6. The van der Waals surface area contributed by atoms with E-state index in [1.54, 1.807) is 11.8 Å². The highest BCUT2D eigenvalue weighted by Crippen LogP contribution is 2.20. The molecule has 0 saturated heterocycles. The molecule has 0 aromatic heterocycles. The van der Waals surface area contributed by atoms with Gasteiger partial charge in [0.25, 0.3) is 0 Å². The minimum absolute atomic E-state index is 0.0763. The van der Waals surface area contributed by atoms with Gasteiger partial charge in [-0.15, -0.1) is 0 Å². The van der Waals surface area contributed by atoms with Gasteiger partial charge in [0.15, 0.2) is 0 Å². The molecule has 0 N–H and O–H groups in total. The molecule has 1 rings (SSSR count). The number of hydrogen-bond acceptors (Lipinski definition) is 4. The maximum atomic E-state index is 11.9. The summed E-state index contributed by atoms with van der Waals surface area (Å²) in [7, 11) is 0. The summed E-state index contributed by atoms with van der Waals surface area (Å²) in [5, 5.41) is 0. The summed E-state index contributed by atoms with van der Waals surface area (Å²) in [5.74, 6) is 0.128. The number of amides is 1. The predicted molar refractivity (Wildman–Crippen MR) is 81.0 cm³/mol. The topological polar surface area (TPSA) is 55.8 Å². The van der Waals surface area contributed by atoms with Gasteiger partial charge in [-0.1, -0.05) is 20.3 Å². The smallest absolute Gasteiger partial charge is 0.409 e. The van der Waals surface area contributed by atoms with Crippen molar-refractivity contribution in [3.63, 3.8) is 0 Å². The van der Waals surface area contributed by atoms with Gasteiger partial charge < -0.3 is 14.4 Å². The molecule has 1 amide bonds. The second-order valence-electron chi connectivity index (χ2n) is 6.04. The minimum atomic E-state index is -0.350. The molecule has 0 aromatic rings. The quantitative estimate of drug-likeness (QED) is 0.676. The third kappa shape index (κ3) is 7.34. The fourth-order valence-electron chi connectivity index (χ4n) is 2.57. The van der Waals surface area contributed by atoms with E-state index in [1.165, 1.54) is 6.42 Å². The molecule has 1 fully saturated rings. The van der Waals surface area contributed by atoms with E-state index in [9.17, 15) is 9.59 Å². The third-order valence-corrected chi connectivity index (χ3v) is 3.55. The Morgan fingerprint density at radius 1 is 1.19 bits per heavy atom. The fourth-order valence-corrected chi connectivity index (χ4v) is 2.57. The Labute approximate surface area is 128 Å². The maximum absolute atomic E-state index is 11.9. The molecule has 1 aliphatic rings.